The summed E-state index contributed by atoms with van der Waals surface area (Å²) in [6.07, 6.45) is 4.65. The zero-order valence-corrected chi connectivity index (χ0v) is 15.1. The number of benzene rings is 1. The van der Waals surface area contributed by atoms with Crippen LogP contribution < -0.4 is 5.73 Å². The molecule has 9 heteroatoms. The van der Waals surface area contributed by atoms with Crippen molar-refractivity contribution < 1.29 is 4.79 Å². The van der Waals surface area contributed by atoms with Crippen LogP contribution in [-0.2, 0) is 0 Å². The lowest BCUT2D eigenvalue weighted by atomic mass is 10.1. The number of nitrogens with two attached hydrogens (primary N) is 1. The molecule has 0 radical (unpaired) electrons. The Labute approximate surface area is 155 Å². The number of carbonyl (C=O) groups excluding carboxylic acids is 1. The first-order valence-corrected chi connectivity index (χ1v) is 8.24. The van der Waals surface area contributed by atoms with Crippen molar-refractivity contribution >= 4 is 23.1 Å². The van der Waals surface area contributed by atoms with Crippen LogP contribution in [0, 0.1) is 0 Å². The van der Waals surface area contributed by atoms with Crippen molar-refractivity contribution in [2.75, 3.05) is 7.05 Å². The molecule has 0 aliphatic rings. The summed E-state index contributed by atoms with van der Waals surface area (Å²) in [6.45, 7) is 1.86. The highest BCUT2D eigenvalue weighted by Gasteiger charge is 2.24. The van der Waals surface area contributed by atoms with Crippen LogP contribution >= 0.6 is 12.2 Å². The lowest BCUT2D eigenvalue weighted by molar-refractivity contribution is 0.0735. The molecule has 3 aromatic rings. The summed E-state index contributed by atoms with van der Waals surface area (Å²) in [7, 11) is 1.70. The van der Waals surface area contributed by atoms with Crippen molar-refractivity contribution in [3.63, 3.8) is 0 Å². The fourth-order valence-electron chi connectivity index (χ4n) is 2.45. The van der Waals surface area contributed by atoms with E-state index in [9.17, 15) is 4.79 Å². The fraction of sp³-hybridized carbons (Fsp3) is 0.176. The summed E-state index contributed by atoms with van der Waals surface area (Å²) in [5, 5.41) is 4.17. The second kappa shape index (κ2) is 7.36. The van der Waals surface area contributed by atoms with Crippen LogP contribution in [0.3, 0.4) is 0 Å². The van der Waals surface area contributed by atoms with Crippen LogP contribution in [0.25, 0.3) is 5.95 Å². The number of thiocarbonyl (C=S) groups is 1. The van der Waals surface area contributed by atoms with E-state index in [1.165, 1.54) is 11.0 Å². The van der Waals surface area contributed by atoms with Gasteiger partial charge < -0.3 is 10.6 Å². The highest BCUT2D eigenvalue weighted by Crippen LogP contribution is 2.20. The summed E-state index contributed by atoms with van der Waals surface area (Å²) in [5.41, 5.74) is 6.79. The molecule has 2 N–H and O–H groups in total. The Kier molecular flexibility index (Phi) is 4.99. The van der Waals surface area contributed by atoms with Gasteiger partial charge in [-0.3, -0.25) is 4.79 Å². The molecule has 2 heterocycles. The maximum atomic E-state index is 12.9. The Morgan fingerprint density at radius 2 is 1.88 bits per heavy atom. The normalized spacial score (nSPS) is 11.8. The standard InChI is InChI=1S/C17H17N7OS/c1-11(15-21-10-22-24(15)17-19-7-4-8-20-17)23(2)16(25)13-6-3-5-12(9-13)14(18)26/h3-11H,1-2H3,(H2,18,26). The molecule has 0 spiro atoms. The Hall–Kier alpha value is -3.20. The van der Waals surface area contributed by atoms with E-state index in [1.807, 2.05) is 6.92 Å². The second-order valence-corrected chi connectivity index (χ2v) is 6.06. The molecular formula is C17H17N7OS. The van der Waals surface area contributed by atoms with E-state index in [1.54, 1.807) is 54.7 Å². The molecule has 1 unspecified atom stereocenters. The zero-order chi connectivity index (χ0) is 18.7. The molecule has 132 valence electrons. The minimum atomic E-state index is -0.359. The largest absolute Gasteiger partial charge is 0.389 e. The number of hydrogen-bond donors (Lipinski definition) is 1. The quantitative estimate of drug-likeness (QED) is 0.682. The molecule has 0 saturated carbocycles. The Bertz CT molecular complexity index is 941. The minimum absolute atomic E-state index is 0.181. The van der Waals surface area contributed by atoms with Gasteiger partial charge in [0, 0.05) is 30.6 Å². The fourth-order valence-corrected chi connectivity index (χ4v) is 2.58. The van der Waals surface area contributed by atoms with E-state index in [2.05, 4.69) is 20.1 Å². The minimum Gasteiger partial charge on any atom is -0.389 e. The smallest absolute Gasteiger partial charge is 0.254 e. The van der Waals surface area contributed by atoms with E-state index < -0.39 is 0 Å². The van der Waals surface area contributed by atoms with Crippen molar-refractivity contribution in [3.8, 4) is 5.95 Å². The molecule has 0 aliphatic carbocycles. The lowest BCUT2D eigenvalue weighted by Gasteiger charge is -2.24. The highest BCUT2D eigenvalue weighted by molar-refractivity contribution is 7.80. The molecule has 1 atom stereocenters. The summed E-state index contributed by atoms with van der Waals surface area (Å²) in [4.78, 5) is 27.3. The first kappa shape index (κ1) is 17.6. The Balaban J connectivity index is 1.88. The van der Waals surface area contributed by atoms with Crippen molar-refractivity contribution in [3.05, 3.63) is 66.0 Å². The number of hydrogen-bond acceptors (Lipinski definition) is 6. The maximum Gasteiger partial charge on any atom is 0.254 e. The molecule has 0 bridgehead atoms. The van der Waals surface area contributed by atoms with Gasteiger partial charge in [0.25, 0.3) is 11.9 Å². The summed E-state index contributed by atoms with van der Waals surface area (Å²) in [5.74, 6) is 0.764. The third-order valence-corrected chi connectivity index (χ3v) is 4.22. The van der Waals surface area contributed by atoms with Crippen LogP contribution in [0.5, 0.6) is 0 Å². The molecule has 8 nitrogen and oxygen atoms in total. The summed E-state index contributed by atoms with van der Waals surface area (Å²) in [6, 6.07) is 8.28. The van der Waals surface area contributed by atoms with Gasteiger partial charge >= 0.3 is 0 Å². The number of carbonyl (C=O) groups is 1. The van der Waals surface area contributed by atoms with E-state index in [0.717, 1.165) is 0 Å². The van der Waals surface area contributed by atoms with E-state index >= 15 is 0 Å². The first-order chi connectivity index (χ1) is 12.5. The van der Waals surface area contributed by atoms with E-state index in [-0.39, 0.29) is 16.9 Å². The summed E-state index contributed by atoms with van der Waals surface area (Å²) >= 11 is 4.98. The molecule has 26 heavy (non-hydrogen) atoms. The van der Waals surface area contributed by atoms with Crippen molar-refractivity contribution in [2.24, 2.45) is 5.73 Å². The van der Waals surface area contributed by atoms with Crippen molar-refractivity contribution in [1.29, 1.82) is 0 Å². The topological polar surface area (TPSA) is 103 Å². The van der Waals surface area contributed by atoms with Gasteiger partial charge in [0.1, 0.15) is 11.3 Å². The van der Waals surface area contributed by atoms with E-state index in [4.69, 9.17) is 18.0 Å². The average molecular weight is 367 g/mol. The molecule has 2 aromatic heterocycles. The molecule has 0 fully saturated rings. The van der Waals surface area contributed by atoms with Crippen LogP contribution in [0.2, 0.25) is 0 Å². The van der Waals surface area contributed by atoms with Gasteiger partial charge in [-0.25, -0.2) is 15.0 Å². The summed E-state index contributed by atoms with van der Waals surface area (Å²) < 4.78 is 1.51. The van der Waals surface area contributed by atoms with Crippen molar-refractivity contribution in [2.45, 2.75) is 13.0 Å². The van der Waals surface area contributed by atoms with Gasteiger partial charge in [-0.05, 0) is 25.1 Å². The van der Waals surface area contributed by atoms with Crippen molar-refractivity contribution in [1.82, 2.24) is 29.6 Å². The van der Waals surface area contributed by atoms with Gasteiger partial charge in [-0.15, -0.1) is 0 Å². The zero-order valence-electron chi connectivity index (χ0n) is 14.3. The SMILES string of the molecule is CC(c1ncnn1-c1ncccn1)N(C)C(=O)c1cccc(C(N)=S)c1. The Morgan fingerprint density at radius 3 is 2.58 bits per heavy atom. The van der Waals surface area contributed by atoms with Gasteiger partial charge in [-0.1, -0.05) is 24.4 Å². The molecule has 3 rings (SSSR count). The van der Waals surface area contributed by atoms with Crippen LogP contribution in [-0.4, -0.2) is 47.6 Å². The number of nitrogens with zero attached hydrogens (tertiary/aromatic N) is 6. The third-order valence-electron chi connectivity index (χ3n) is 3.98. The lowest BCUT2D eigenvalue weighted by Crippen LogP contribution is -2.31. The Morgan fingerprint density at radius 1 is 1.19 bits per heavy atom. The number of aromatic nitrogens is 5. The number of rotatable bonds is 5. The van der Waals surface area contributed by atoms with Crippen LogP contribution in [0.15, 0.2) is 49.1 Å². The van der Waals surface area contributed by atoms with Gasteiger partial charge in [0.2, 0.25) is 0 Å². The molecule has 0 saturated heterocycles. The highest BCUT2D eigenvalue weighted by atomic mass is 32.1. The molecular weight excluding hydrogens is 350 g/mol. The van der Waals surface area contributed by atoms with Gasteiger partial charge in [0.15, 0.2) is 5.82 Å². The van der Waals surface area contributed by atoms with E-state index in [0.29, 0.717) is 22.9 Å². The molecule has 1 aromatic carbocycles. The van der Waals surface area contributed by atoms with Crippen LogP contribution in [0.4, 0.5) is 0 Å². The molecule has 1 amide bonds. The predicted octanol–water partition coefficient (Wildman–Crippen LogP) is 1.52. The molecule has 0 aliphatic heterocycles. The second-order valence-electron chi connectivity index (χ2n) is 5.62. The first-order valence-electron chi connectivity index (χ1n) is 7.83. The van der Waals surface area contributed by atoms with Gasteiger partial charge in [-0.2, -0.15) is 9.78 Å². The number of amides is 1. The maximum absolute atomic E-state index is 12.9. The third kappa shape index (κ3) is 3.42. The predicted molar refractivity (Wildman–Crippen MR) is 99.8 cm³/mol. The van der Waals surface area contributed by atoms with Gasteiger partial charge in [0.05, 0.1) is 6.04 Å². The monoisotopic (exact) mass is 367 g/mol. The van der Waals surface area contributed by atoms with Crippen LogP contribution in [0.1, 0.15) is 34.7 Å². The average Bonchev–Trinajstić information content (AvgIpc) is 3.16.